The van der Waals surface area contributed by atoms with Crippen molar-refractivity contribution in [2.45, 2.75) is 11.2 Å². The molecule has 98 valence electrons. The Morgan fingerprint density at radius 1 is 1.16 bits per heavy atom. The van der Waals surface area contributed by atoms with Crippen LogP contribution < -0.4 is 4.74 Å². The van der Waals surface area contributed by atoms with Crippen LogP contribution in [0.3, 0.4) is 0 Å². The number of alkyl halides is 1. The fourth-order valence-electron chi connectivity index (χ4n) is 2.25. The van der Waals surface area contributed by atoms with Crippen molar-refractivity contribution in [2.24, 2.45) is 0 Å². The maximum atomic E-state index is 13.1. The predicted molar refractivity (Wildman–Crippen MR) is 80.5 cm³/mol. The highest BCUT2D eigenvalue weighted by Crippen LogP contribution is 2.38. The largest absolute Gasteiger partial charge is 0.493 e. The second-order valence-electron chi connectivity index (χ2n) is 4.49. The summed E-state index contributed by atoms with van der Waals surface area (Å²) in [5.41, 5.74) is 3.40. The SMILES string of the molecule is Fc1ccc(C(Br)c2ccc3c(c2)CCO3)c(Br)c1. The highest BCUT2D eigenvalue weighted by Gasteiger charge is 2.18. The third kappa shape index (κ3) is 2.56. The van der Waals surface area contributed by atoms with Gasteiger partial charge in [-0.1, -0.05) is 50.1 Å². The summed E-state index contributed by atoms with van der Waals surface area (Å²) < 4.78 is 19.4. The molecule has 0 N–H and O–H groups in total. The molecule has 1 heterocycles. The third-order valence-corrected chi connectivity index (χ3v) is 4.95. The van der Waals surface area contributed by atoms with Crippen molar-refractivity contribution in [3.05, 3.63) is 63.4 Å². The van der Waals surface area contributed by atoms with E-state index in [1.807, 2.05) is 12.1 Å². The molecule has 0 spiro atoms. The Balaban J connectivity index is 1.97. The van der Waals surface area contributed by atoms with E-state index in [-0.39, 0.29) is 10.6 Å². The molecular formula is C15H11Br2FO. The summed E-state index contributed by atoms with van der Waals surface area (Å²) >= 11 is 7.10. The Bertz CT molecular complexity index is 628. The van der Waals surface area contributed by atoms with Crippen LogP contribution >= 0.6 is 31.9 Å². The molecule has 0 bridgehead atoms. The molecule has 0 aliphatic carbocycles. The van der Waals surface area contributed by atoms with Gasteiger partial charge in [-0.3, -0.25) is 0 Å². The third-order valence-electron chi connectivity index (χ3n) is 3.24. The van der Waals surface area contributed by atoms with Crippen LogP contribution in [0, 0.1) is 5.82 Å². The van der Waals surface area contributed by atoms with E-state index in [1.54, 1.807) is 6.07 Å². The van der Waals surface area contributed by atoms with Gasteiger partial charge in [-0.15, -0.1) is 0 Å². The predicted octanol–water partition coefficient (Wildman–Crippen LogP) is 5.01. The zero-order valence-corrected chi connectivity index (χ0v) is 13.2. The molecule has 0 radical (unpaired) electrons. The summed E-state index contributed by atoms with van der Waals surface area (Å²) in [6, 6.07) is 11.0. The first kappa shape index (κ1) is 13.1. The van der Waals surface area contributed by atoms with Crippen molar-refractivity contribution in [3.63, 3.8) is 0 Å². The molecular weight excluding hydrogens is 375 g/mol. The van der Waals surface area contributed by atoms with Crippen LogP contribution in [0.4, 0.5) is 4.39 Å². The zero-order valence-electron chi connectivity index (χ0n) is 10.00. The molecule has 2 aromatic carbocycles. The first-order valence-corrected chi connectivity index (χ1v) is 7.70. The molecule has 4 heteroatoms. The maximum absolute atomic E-state index is 13.1. The van der Waals surface area contributed by atoms with Crippen molar-refractivity contribution in [1.82, 2.24) is 0 Å². The van der Waals surface area contributed by atoms with Gasteiger partial charge in [-0.05, 0) is 34.9 Å². The number of rotatable bonds is 2. The van der Waals surface area contributed by atoms with Gasteiger partial charge in [0.25, 0.3) is 0 Å². The average molecular weight is 386 g/mol. The normalized spacial score (nSPS) is 14.9. The molecule has 1 aliphatic heterocycles. The molecule has 1 aliphatic rings. The molecule has 1 atom stereocenters. The molecule has 2 aromatic rings. The highest BCUT2D eigenvalue weighted by atomic mass is 79.9. The molecule has 0 saturated heterocycles. The second kappa shape index (κ2) is 5.25. The van der Waals surface area contributed by atoms with Crippen LogP contribution in [0.1, 0.15) is 21.5 Å². The number of hydrogen-bond donors (Lipinski definition) is 0. The van der Waals surface area contributed by atoms with E-state index in [4.69, 9.17) is 4.74 Å². The number of halogens is 3. The van der Waals surface area contributed by atoms with E-state index in [0.29, 0.717) is 0 Å². The number of ether oxygens (including phenoxy) is 1. The van der Waals surface area contributed by atoms with Gasteiger partial charge in [0, 0.05) is 10.9 Å². The van der Waals surface area contributed by atoms with E-state index in [0.717, 1.165) is 34.4 Å². The van der Waals surface area contributed by atoms with Gasteiger partial charge in [0.05, 0.1) is 11.4 Å². The molecule has 0 amide bonds. The second-order valence-corrected chi connectivity index (χ2v) is 6.26. The highest BCUT2D eigenvalue weighted by molar-refractivity contribution is 9.11. The molecule has 0 aromatic heterocycles. The van der Waals surface area contributed by atoms with Gasteiger partial charge in [0.1, 0.15) is 11.6 Å². The summed E-state index contributed by atoms with van der Waals surface area (Å²) in [6.07, 6.45) is 0.952. The number of hydrogen-bond acceptors (Lipinski definition) is 1. The molecule has 1 unspecified atom stereocenters. The van der Waals surface area contributed by atoms with Gasteiger partial charge in [0.2, 0.25) is 0 Å². The lowest BCUT2D eigenvalue weighted by Crippen LogP contribution is -1.95. The Morgan fingerprint density at radius 2 is 2.00 bits per heavy atom. The van der Waals surface area contributed by atoms with E-state index < -0.39 is 0 Å². The Labute approximate surface area is 128 Å². The van der Waals surface area contributed by atoms with E-state index >= 15 is 0 Å². The monoisotopic (exact) mass is 384 g/mol. The lowest BCUT2D eigenvalue weighted by molar-refractivity contribution is 0.357. The van der Waals surface area contributed by atoms with Crippen molar-refractivity contribution in [2.75, 3.05) is 6.61 Å². The topological polar surface area (TPSA) is 9.23 Å². The standard InChI is InChI=1S/C15H11Br2FO/c16-13-8-11(18)2-3-12(13)15(17)10-1-4-14-9(7-10)5-6-19-14/h1-4,7-8,15H,5-6H2. The number of benzene rings is 2. The lowest BCUT2D eigenvalue weighted by atomic mass is 10.0. The van der Waals surface area contributed by atoms with Crippen LogP contribution in [0.15, 0.2) is 40.9 Å². The van der Waals surface area contributed by atoms with E-state index in [2.05, 4.69) is 37.9 Å². The van der Waals surface area contributed by atoms with Gasteiger partial charge in [-0.2, -0.15) is 0 Å². The molecule has 0 fully saturated rings. The van der Waals surface area contributed by atoms with Gasteiger partial charge >= 0.3 is 0 Å². The summed E-state index contributed by atoms with van der Waals surface area (Å²) in [5, 5.41) is 0. The minimum absolute atomic E-state index is 0.0355. The van der Waals surface area contributed by atoms with Crippen LogP contribution in [0.25, 0.3) is 0 Å². The minimum Gasteiger partial charge on any atom is -0.493 e. The van der Waals surface area contributed by atoms with Crippen molar-refractivity contribution in [1.29, 1.82) is 0 Å². The van der Waals surface area contributed by atoms with Crippen LogP contribution in [0.5, 0.6) is 5.75 Å². The van der Waals surface area contributed by atoms with Gasteiger partial charge in [0.15, 0.2) is 0 Å². The van der Waals surface area contributed by atoms with E-state index in [9.17, 15) is 4.39 Å². The summed E-state index contributed by atoms with van der Waals surface area (Å²) in [4.78, 5) is 0.0355. The lowest BCUT2D eigenvalue weighted by Gasteiger charge is -2.14. The summed E-state index contributed by atoms with van der Waals surface area (Å²) in [7, 11) is 0. The summed E-state index contributed by atoms with van der Waals surface area (Å²) in [6.45, 7) is 0.756. The van der Waals surface area contributed by atoms with Crippen LogP contribution in [-0.2, 0) is 6.42 Å². The van der Waals surface area contributed by atoms with Crippen molar-refractivity contribution < 1.29 is 9.13 Å². The minimum atomic E-state index is -0.238. The summed E-state index contributed by atoms with van der Waals surface area (Å²) in [5.74, 6) is 0.735. The Hall–Kier alpha value is -0.870. The van der Waals surface area contributed by atoms with Crippen molar-refractivity contribution in [3.8, 4) is 5.75 Å². The average Bonchev–Trinajstić information content (AvgIpc) is 2.85. The van der Waals surface area contributed by atoms with Crippen LogP contribution in [-0.4, -0.2) is 6.61 Å². The van der Waals surface area contributed by atoms with Crippen molar-refractivity contribution >= 4 is 31.9 Å². The first-order chi connectivity index (χ1) is 9.15. The molecule has 3 rings (SSSR count). The maximum Gasteiger partial charge on any atom is 0.124 e. The molecule has 19 heavy (non-hydrogen) atoms. The van der Waals surface area contributed by atoms with Gasteiger partial charge < -0.3 is 4.74 Å². The quantitative estimate of drug-likeness (QED) is 0.660. The first-order valence-electron chi connectivity index (χ1n) is 6.00. The van der Waals surface area contributed by atoms with Gasteiger partial charge in [-0.25, -0.2) is 4.39 Å². The van der Waals surface area contributed by atoms with E-state index in [1.165, 1.54) is 17.7 Å². The Morgan fingerprint density at radius 3 is 2.79 bits per heavy atom. The molecule has 0 saturated carbocycles. The fourth-order valence-corrected chi connectivity index (χ4v) is 3.82. The smallest absolute Gasteiger partial charge is 0.124 e. The molecule has 1 nitrogen and oxygen atoms in total. The Kier molecular flexibility index (Phi) is 3.63. The number of fused-ring (bicyclic) bond motifs is 1. The fraction of sp³-hybridized carbons (Fsp3) is 0.200. The zero-order chi connectivity index (χ0) is 13.4. The van der Waals surface area contributed by atoms with Crippen LogP contribution in [0.2, 0.25) is 0 Å².